The van der Waals surface area contributed by atoms with Crippen molar-refractivity contribution in [2.24, 2.45) is 5.16 Å². The number of nitrogens with zero attached hydrogens (tertiary/aromatic N) is 2. The van der Waals surface area contributed by atoms with Gasteiger partial charge in [-0.3, -0.25) is 10.1 Å². The fourth-order valence-corrected chi connectivity index (χ4v) is 6.00. The van der Waals surface area contributed by atoms with E-state index in [-0.39, 0.29) is 27.1 Å². The number of ether oxygens (including phenoxy) is 1. The van der Waals surface area contributed by atoms with Crippen molar-refractivity contribution in [1.29, 1.82) is 0 Å². The molecule has 1 N–H and O–H groups in total. The maximum Gasteiger partial charge on any atom is 0.280 e. The Bertz CT molecular complexity index is 1060. The van der Waals surface area contributed by atoms with Gasteiger partial charge in [-0.25, -0.2) is 13.4 Å². The molecule has 31 heavy (non-hydrogen) atoms. The summed E-state index contributed by atoms with van der Waals surface area (Å²) in [6, 6.07) is 6.01. The van der Waals surface area contributed by atoms with Crippen LogP contribution in [-0.4, -0.2) is 49.6 Å². The number of benzene rings is 1. The van der Waals surface area contributed by atoms with E-state index in [9.17, 15) is 17.6 Å². The molecular weight excluding hydrogens is 445 g/mol. The van der Waals surface area contributed by atoms with Crippen molar-refractivity contribution in [3.63, 3.8) is 0 Å². The van der Waals surface area contributed by atoms with Gasteiger partial charge in [-0.2, -0.15) is 4.39 Å². The normalized spacial score (nSPS) is 20.2. The number of rotatable bonds is 7. The van der Waals surface area contributed by atoms with E-state index >= 15 is 0 Å². The molecule has 0 radical (unpaired) electrons. The molecule has 11 heteroatoms. The zero-order valence-electron chi connectivity index (χ0n) is 16.6. The first kappa shape index (κ1) is 21.8. The van der Waals surface area contributed by atoms with E-state index in [4.69, 9.17) is 9.57 Å². The Morgan fingerprint density at radius 3 is 2.58 bits per heavy atom. The molecule has 0 unspecified atom stereocenters. The van der Waals surface area contributed by atoms with Crippen molar-refractivity contribution < 1.29 is 27.2 Å². The second-order valence-corrected chi connectivity index (χ2v) is 10.6. The molecule has 1 atom stereocenters. The van der Waals surface area contributed by atoms with Crippen LogP contribution in [-0.2, 0) is 24.2 Å². The molecule has 2 aromatic rings. The molecule has 166 valence electrons. The Morgan fingerprint density at radius 1 is 1.23 bits per heavy atom. The lowest BCUT2D eigenvalue weighted by molar-refractivity contribution is -0.110. The van der Waals surface area contributed by atoms with Crippen LogP contribution in [0.5, 0.6) is 0 Å². The third-order valence-electron chi connectivity index (χ3n) is 5.29. The van der Waals surface area contributed by atoms with Gasteiger partial charge in [-0.1, -0.05) is 41.5 Å². The molecule has 1 aliphatic carbocycles. The van der Waals surface area contributed by atoms with E-state index < -0.39 is 20.9 Å². The van der Waals surface area contributed by atoms with Crippen molar-refractivity contribution in [2.75, 3.05) is 18.5 Å². The Labute approximate surface area is 183 Å². The molecule has 8 nitrogen and oxygen atoms in total. The van der Waals surface area contributed by atoms with E-state index in [1.54, 1.807) is 0 Å². The maximum absolute atomic E-state index is 13.2. The van der Waals surface area contributed by atoms with Crippen molar-refractivity contribution in [2.45, 2.75) is 48.4 Å². The highest BCUT2D eigenvalue weighted by Crippen LogP contribution is 2.29. The van der Waals surface area contributed by atoms with Gasteiger partial charge < -0.3 is 9.57 Å². The zero-order valence-corrected chi connectivity index (χ0v) is 18.3. The van der Waals surface area contributed by atoms with Gasteiger partial charge in [0, 0.05) is 12.0 Å². The summed E-state index contributed by atoms with van der Waals surface area (Å²) in [4.78, 5) is 22.2. The number of nitrogens with one attached hydrogen (secondary N) is 1. The maximum atomic E-state index is 13.2. The average molecular weight is 468 g/mol. The van der Waals surface area contributed by atoms with Crippen LogP contribution in [0.1, 0.15) is 37.7 Å². The van der Waals surface area contributed by atoms with E-state index in [2.05, 4.69) is 15.5 Å². The Kier molecular flexibility index (Phi) is 6.63. The number of carbonyl (C=O) groups is 1. The van der Waals surface area contributed by atoms with E-state index in [1.807, 2.05) is 0 Å². The van der Waals surface area contributed by atoms with E-state index in [1.165, 1.54) is 24.3 Å². The van der Waals surface area contributed by atoms with E-state index in [0.29, 0.717) is 49.4 Å². The van der Waals surface area contributed by atoms with Crippen LogP contribution in [0.4, 0.5) is 9.52 Å². The van der Waals surface area contributed by atoms with Crippen LogP contribution < -0.4 is 5.32 Å². The minimum absolute atomic E-state index is 0.0627. The van der Waals surface area contributed by atoms with Crippen LogP contribution >= 0.6 is 11.3 Å². The molecule has 1 aromatic carbocycles. The van der Waals surface area contributed by atoms with Crippen LogP contribution in [0.2, 0.25) is 0 Å². The summed E-state index contributed by atoms with van der Waals surface area (Å²) in [5.74, 6) is -0.639. The summed E-state index contributed by atoms with van der Waals surface area (Å²) >= 11 is 0.687. The fourth-order valence-electron chi connectivity index (χ4n) is 3.61. The zero-order chi connectivity index (χ0) is 21.8. The summed E-state index contributed by atoms with van der Waals surface area (Å²) in [6.07, 6.45) is 4.54. The number of sulfone groups is 1. The number of oxime groups is 1. The number of hydrogen-bond acceptors (Lipinski definition) is 8. The lowest BCUT2D eigenvalue weighted by Gasteiger charge is -2.12. The van der Waals surface area contributed by atoms with Gasteiger partial charge >= 0.3 is 0 Å². The summed E-state index contributed by atoms with van der Waals surface area (Å²) in [6.45, 7) is 0.919. The largest absolute Gasteiger partial charge is 0.389 e. The van der Waals surface area contributed by atoms with Crippen molar-refractivity contribution in [1.82, 2.24) is 4.98 Å². The third-order valence-corrected chi connectivity index (χ3v) is 8.27. The Balaban J connectivity index is 1.57. The summed E-state index contributed by atoms with van der Waals surface area (Å²) < 4.78 is 44.1. The van der Waals surface area contributed by atoms with Crippen LogP contribution in [0, 0.1) is 5.13 Å². The molecule has 0 bridgehead atoms. The van der Waals surface area contributed by atoms with E-state index in [0.717, 1.165) is 19.0 Å². The first-order valence-electron chi connectivity index (χ1n) is 10.0. The van der Waals surface area contributed by atoms with Gasteiger partial charge in [-0.05, 0) is 25.0 Å². The van der Waals surface area contributed by atoms with Gasteiger partial charge in [0.1, 0.15) is 0 Å². The summed E-state index contributed by atoms with van der Waals surface area (Å²) in [5, 5.41) is 5.69. The van der Waals surface area contributed by atoms with Crippen LogP contribution in [0.25, 0.3) is 0 Å². The predicted molar refractivity (Wildman–Crippen MR) is 113 cm³/mol. The molecule has 2 aliphatic rings. The molecule has 4 rings (SSSR count). The molecule has 1 aliphatic heterocycles. The van der Waals surface area contributed by atoms with Gasteiger partial charge in [-0.15, -0.1) is 0 Å². The van der Waals surface area contributed by atoms with Gasteiger partial charge in [0.15, 0.2) is 31.9 Å². The van der Waals surface area contributed by atoms with Gasteiger partial charge in [0.05, 0.1) is 29.6 Å². The summed E-state index contributed by atoms with van der Waals surface area (Å²) in [5.41, 5.74) is 0.311. The lowest BCUT2D eigenvalue weighted by Crippen LogP contribution is -2.25. The fraction of sp³-hybridized carbons (Fsp3) is 0.450. The molecule has 1 saturated carbocycles. The molecule has 1 saturated heterocycles. The molecule has 1 amide bonds. The lowest BCUT2D eigenvalue weighted by atomic mass is 10.1. The number of hydrogen-bond donors (Lipinski definition) is 1. The van der Waals surface area contributed by atoms with Crippen molar-refractivity contribution in [3.05, 3.63) is 41.2 Å². The number of anilines is 1. The van der Waals surface area contributed by atoms with Crippen LogP contribution in [0.15, 0.2) is 40.5 Å². The van der Waals surface area contributed by atoms with Crippen molar-refractivity contribution >= 4 is 37.9 Å². The first-order valence-corrected chi connectivity index (χ1v) is 12.4. The van der Waals surface area contributed by atoms with Gasteiger partial charge in [0.25, 0.3) is 5.91 Å². The van der Waals surface area contributed by atoms with Gasteiger partial charge in [0.2, 0.25) is 0 Å². The second-order valence-electron chi connectivity index (χ2n) is 7.43. The first-order chi connectivity index (χ1) is 14.9. The Hall–Kier alpha value is -2.37. The second kappa shape index (κ2) is 9.41. The summed E-state index contributed by atoms with van der Waals surface area (Å²) in [7, 11) is -3.41. The number of amides is 1. The molecule has 0 spiro atoms. The monoisotopic (exact) mass is 467 g/mol. The molecule has 2 fully saturated rings. The molecular formula is C20H22FN3O5S2. The number of halogens is 1. The quantitative estimate of drug-likeness (QED) is 0.495. The number of aromatic nitrogens is 1. The smallest absolute Gasteiger partial charge is 0.280 e. The third kappa shape index (κ3) is 5.10. The minimum atomic E-state index is -3.41. The highest BCUT2D eigenvalue weighted by atomic mass is 32.2. The molecule has 1 aromatic heterocycles. The SMILES string of the molecule is O=C(Nc1ncc(F)s1)/C(=N/O[C@@H]1CCOC1)c1ccc(S(=O)(=O)C2CCCC2)cc1. The van der Waals surface area contributed by atoms with Crippen molar-refractivity contribution in [3.8, 4) is 0 Å². The highest BCUT2D eigenvalue weighted by molar-refractivity contribution is 7.92. The molecule has 2 heterocycles. The topological polar surface area (TPSA) is 107 Å². The predicted octanol–water partition coefficient (Wildman–Crippen LogP) is 3.15. The minimum Gasteiger partial charge on any atom is -0.389 e. The number of carbonyl (C=O) groups excluding carboxylic acids is 1. The number of thiazole rings is 1. The standard InChI is InChI=1S/C20H22FN3O5S2/c21-17-11-22-20(30-17)23-19(25)18(24-29-14-9-10-28-12-14)13-5-7-16(8-6-13)31(26,27)15-3-1-2-4-15/h5-8,11,14-15H,1-4,9-10,12H2,(H,22,23,25)/b24-18+/t14-/m1/s1. The average Bonchev–Trinajstić information content (AvgIpc) is 3.52. The highest BCUT2D eigenvalue weighted by Gasteiger charge is 2.30. The Morgan fingerprint density at radius 2 is 1.97 bits per heavy atom. The van der Waals surface area contributed by atoms with Crippen LogP contribution in [0.3, 0.4) is 0 Å².